The Hall–Kier alpha value is -1.69. The fourth-order valence-electron chi connectivity index (χ4n) is 1.81. The molecule has 1 amide bonds. The van der Waals surface area contributed by atoms with Crippen molar-refractivity contribution in [3.05, 3.63) is 35.5 Å². The number of pyridine rings is 1. The van der Waals surface area contributed by atoms with Crippen LogP contribution >= 0.6 is 11.6 Å². The molecule has 106 valence electrons. The topological polar surface area (TPSA) is 63.2 Å². The first-order valence-electron chi connectivity index (χ1n) is 6.25. The largest absolute Gasteiger partial charge is 0.383 e. The molecule has 0 aliphatic carbocycles. The molecule has 0 unspecified atom stereocenters. The lowest BCUT2D eigenvalue weighted by Crippen LogP contribution is -2.30. The number of rotatable bonds is 6. The molecule has 0 aliphatic heterocycles. The number of hydrogen-bond acceptors (Lipinski definition) is 4. The van der Waals surface area contributed by atoms with Crippen LogP contribution in [0.2, 0.25) is 5.02 Å². The minimum atomic E-state index is -0.129. The van der Waals surface area contributed by atoms with E-state index < -0.39 is 0 Å². The van der Waals surface area contributed by atoms with Crippen LogP contribution in [0.1, 0.15) is 0 Å². The maximum absolute atomic E-state index is 11.8. The zero-order valence-corrected chi connectivity index (χ0v) is 11.9. The molecule has 1 heterocycles. The zero-order chi connectivity index (χ0) is 14.4. The minimum absolute atomic E-state index is 0.129. The average Bonchev–Trinajstić information content (AvgIpc) is 2.47. The third-order valence-electron chi connectivity index (χ3n) is 2.76. The molecule has 2 aromatic rings. The Kier molecular flexibility index (Phi) is 5.29. The number of nitrogens with zero attached hydrogens (tertiary/aromatic N) is 1. The number of hydrogen-bond donors (Lipinski definition) is 2. The summed E-state index contributed by atoms with van der Waals surface area (Å²) >= 11 is 6.10. The lowest BCUT2D eigenvalue weighted by atomic mass is 10.2. The minimum Gasteiger partial charge on any atom is -0.383 e. The molecule has 5 nitrogen and oxygen atoms in total. The summed E-state index contributed by atoms with van der Waals surface area (Å²) in [5.74, 6) is -0.129. The van der Waals surface area contributed by atoms with Crippen molar-refractivity contribution < 1.29 is 9.53 Å². The molecule has 2 N–H and O–H groups in total. The molecule has 0 spiro atoms. The number of fused-ring (bicyclic) bond motifs is 1. The van der Waals surface area contributed by atoms with Crippen LogP contribution < -0.4 is 10.6 Å². The summed E-state index contributed by atoms with van der Waals surface area (Å²) in [7, 11) is 1.62. The highest BCUT2D eigenvalue weighted by atomic mass is 35.5. The molecular formula is C14H16ClN3O2. The Balaban J connectivity index is 2.06. The summed E-state index contributed by atoms with van der Waals surface area (Å²) in [4.78, 5) is 16.1. The number of methoxy groups -OCH3 is 1. The Morgan fingerprint density at radius 2 is 2.25 bits per heavy atom. The zero-order valence-electron chi connectivity index (χ0n) is 11.1. The highest BCUT2D eigenvalue weighted by Gasteiger charge is 2.08. The standard InChI is InChI=1S/C14H16ClN3O2/c1-20-8-7-16-9-13(19)18-12-5-4-11(15)10-3-2-6-17-14(10)12/h2-6,16H,7-9H2,1H3,(H,18,19). The van der Waals surface area contributed by atoms with Crippen molar-refractivity contribution in [2.45, 2.75) is 0 Å². The van der Waals surface area contributed by atoms with E-state index >= 15 is 0 Å². The summed E-state index contributed by atoms with van der Waals surface area (Å²) in [5, 5.41) is 7.24. The highest BCUT2D eigenvalue weighted by molar-refractivity contribution is 6.35. The van der Waals surface area contributed by atoms with Crippen molar-refractivity contribution >= 4 is 34.1 Å². The van der Waals surface area contributed by atoms with E-state index in [0.717, 1.165) is 5.39 Å². The molecule has 2 rings (SSSR count). The molecule has 0 fully saturated rings. The van der Waals surface area contributed by atoms with Crippen LogP contribution in [-0.2, 0) is 9.53 Å². The van der Waals surface area contributed by atoms with E-state index in [-0.39, 0.29) is 12.5 Å². The summed E-state index contributed by atoms with van der Waals surface area (Å²) in [6.07, 6.45) is 1.67. The molecule has 20 heavy (non-hydrogen) atoms. The van der Waals surface area contributed by atoms with Crippen LogP contribution in [0.4, 0.5) is 5.69 Å². The number of anilines is 1. The molecule has 1 aromatic heterocycles. The first-order valence-corrected chi connectivity index (χ1v) is 6.63. The van der Waals surface area contributed by atoms with Gasteiger partial charge < -0.3 is 15.4 Å². The van der Waals surface area contributed by atoms with Gasteiger partial charge in [0.1, 0.15) is 0 Å². The van der Waals surface area contributed by atoms with Crippen molar-refractivity contribution in [3.8, 4) is 0 Å². The van der Waals surface area contributed by atoms with Crippen molar-refractivity contribution in [2.75, 3.05) is 32.1 Å². The van der Waals surface area contributed by atoms with Gasteiger partial charge in [0, 0.05) is 25.2 Å². The maximum atomic E-state index is 11.8. The Morgan fingerprint density at radius 1 is 1.40 bits per heavy atom. The van der Waals surface area contributed by atoms with Gasteiger partial charge in [0.2, 0.25) is 5.91 Å². The average molecular weight is 294 g/mol. The van der Waals surface area contributed by atoms with Gasteiger partial charge >= 0.3 is 0 Å². The lowest BCUT2D eigenvalue weighted by Gasteiger charge is -2.09. The van der Waals surface area contributed by atoms with Crippen LogP contribution in [0, 0.1) is 0 Å². The summed E-state index contributed by atoms with van der Waals surface area (Å²) in [6.45, 7) is 1.42. The number of aromatic nitrogens is 1. The molecular weight excluding hydrogens is 278 g/mol. The number of ether oxygens (including phenoxy) is 1. The van der Waals surface area contributed by atoms with E-state index in [4.69, 9.17) is 16.3 Å². The molecule has 1 aromatic carbocycles. The summed E-state index contributed by atoms with van der Waals surface area (Å²) in [5.41, 5.74) is 1.34. The van der Waals surface area contributed by atoms with Gasteiger partial charge in [-0.3, -0.25) is 9.78 Å². The number of benzene rings is 1. The number of halogens is 1. The Morgan fingerprint density at radius 3 is 3.05 bits per heavy atom. The van der Waals surface area contributed by atoms with Gasteiger partial charge in [0.15, 0.2) is 0 Å². The van der Waals surface area contributed by atoms with Crippen LogP contribution in [0.3, 0.4) is 0 Å². The van der Waals surface area contributed by atoms with Crippen LogP contribution in [0.5, 0.6) is 0 Å². The van der Waals surface area contributed by atoms with Crippen molar-refractivity contribution in [1.29, 1.82) is 0 Å². The van der Waals surface area contributed by atoms with E-state index in [9.17, 15) is 4.79 Å². The monoisotopic (exact) mass is 293 g/mol. The second-order valence-corrected chi connectivity index (χ2v) is 4.62. The first-order chi connectivity index (χ1) is 9.72. The molecule has 0 bridgehead atoms. The van der Waals surface area contributed by atoms with Gasteiger partial charge in [-0.25, -0.2) is 0 Å². The molecule has 6 heteroatoms. The quantitative estimate of drug-likeness (QED) is 0.800. The third-order valence-corrected chi connectivity index (χ3v) is 3.09. The fourth-order valence-corrected chi connectivity index (χ4v) is 2.02. The van der Waals surface area contributed by atoms with E-state index in [1.165, 1.54) is 0 Å². The van der Waals surface area contributed by atoms with E-state index in [0.29, 0.717) is 29.4 Å². The van der Waals surface area contributed by atoms with Gasteiger partial charge in [0.05, 0.1) is 29.4 Å². The number of carbonyl (C=O) groups is 1. The number of carbonyl (C=O) groups excluding carboxylic acids is 1. The van der Waals surface area contributed by atoms with E-state index in [1.54, 1.807) is 25.4 Å². The van der Waals surface area contributed by atoms with Gasteiger partial charge in [-0.1, -0.05) is 11.6 Å². The molecule has 0 radical (unpaired) electrons. The Labute approximate surface area is 122 Å². The first kappa shape index (κ1) is 14.7. The van der Waals surface area contributed by atoms with Gasteiger partial charge in [0.25, 0.3) is 0 Å². The van der Waals surface area contributed by atoms with Gasteiger partial charge in [-0.2, -0.15) is 0 Å². The molecule has 0 aliphatic rings. The Bertz CT molecular complexity index is 604. The second kappa shape index (κ2) is 7.19. The van der Waals surface area contributed by atoms with Crippen LogP contribution in [0.15, 0.2) is 30.5 Å². The second-order valence-electron chi connectivity index (χ2n) is 4.21. The van der Waals surface area contributed by atoms with Crippen molar-refractivity contribution in [1.82, 2.24) is 10.3 Å². The SMILES string of the molecule is COCCNCC(=O)Nc1ccc(Cl)c2cccnc12. The molecule has 0 atom stereocenters. The normalized spacial score (nSPS) is 10.7. The fraction of sp³-hybridized carbons (Fsp3) is 0.286. The van der Waals surface area contributed by atoms with Crippen molar-refractivity contribution in [3.63, 3.8) is 0 Å². The van der Waals surface area contributed by atoms with Crippen molar-refractivity contribution in [2.24, 2.45) is 0 Å². The summed E-state index contributed by atoms with van der Waals surface area (Å²) < 4.78 is 4.89. The summed E-state index contributed by atoms with van der Waals surface area (Å²) in [6, 6.07) is 7.19. The van der Waals surface area contributed by atoms with Crippen LogP contribution in [0.25, 0.3) is 10.9 Å². The lowest BCUT2D eigenvalue weighted by molar-refractivity contribution is -0.115. The van der Waals surface area contributed by atoms with Crippen LogP contribution in [-0.4, -0.2) is 37.7 Å². The number of nitrogens with one attached hydrogen (secondary N) is 2. The molecule has 0 saturated heterocycles. The van der Waals surface area contributed by atoms with Gasteiger partial charge in [-0.05, 0) is 24.3 Å². The van der Waals surface area contributed by atoms with E-state index in [1.807, 2.05) is 12.1 Å². The predicted octanol–water partition coefficient (Wildman–Crippen LogP) is 2.06. The number of amides is 1. The smallest absolute Gasteiger partial charge is 0.238 e. The van der Waals surface area contributed by atoms with E-state index in [2.05, 4.69) is 15.6 Å². The predicted molar refractivity (Wildman–Crippen MR) is 80.1 cm³/mol. The van der Waals surface area contributed by atoms with Gasteiger partial charge in [-0.15, -0.1) is 0 Å². The molecule has 0 saturated carbocycles. The third kappa shape index (κ3) is 3.66. The highest BCUT2D eigenvalue weighted by Crippen LogP contribution is 2.27. The maximum Gasteiger partial charge on any atom is 0.238 e.